The molecule has 0 aliphatic heterocycles. The van der Waals surface area contributed by atoms with Gasteiger partial charge < -0.3 is 14.8 Å². The van der Waals surface area contributed by atoms with Crippen LogP contribution in [0.1, 0.15) is 54.4 Å². The third-order valence-electron chi connectivity index (χ3n) is 2.36. The predicted molar refractivity (Wildman–Crippen MR) is 91.5 cm³/mol. The molecule has 5 nitrogen and oxygen atoms in total. The topological polar surface area (TPSA) is 64.6 Å². The third-order valence-corrected chi connectivity index (χ3v) is 3.46. The van der Waals surface area contributed by atoms with Crippen molar-refractivity contribution in [3.05, 3.63) is 0 Å². The molecule has 0 saturated carbocycles. The maximum absolute atomic E-state index is 12.2. The summed E-state index contributed by atoms with van der Waals surface area (Å²) in [6.45, 7) is 10.2. The van der Waals surface area contributed by atoms with Gasteiger partial charge >= 0.3 is 12.1 Å². The third kappa shape index (κ3) is 13.2. The summed E-state index contributed by atoms with van der Waals surface area (Å²) in [4.78, 5) is 24.1. The number of hydrogen-bond acceptors (Lipinski definition) is 5. The Hall–Kier alpha value is -0.980. The largest absolute Gasteiger partial charge is 0.458 e. The molecule has 23 heavy (non-hydrogen) atoms. The minimum Gasteiger partial charge on any atom is -0.458 e. The van der Waals surface area contributed by atoms with E-state index >= 15 is 0 Å². The number of ether oxygens (including phenoxy) is 2. The fraction of sp³-hybridized carbons (Fsp3) is 0.875. The molecule has 0 spiro atoms. The van der Waals surface area contributed by atoms with E-state index in [-0.39, 0.29) is 6.67 Å². The van der Waals surface area contributed by atoms with Crippen molar-refractivity contribution in [1.82, 2.24) is 5.32 Å². The molecule has 0 aromatic rings. The standard InChI is InChI=1S/C16H30FNO4S/c1-15(2,3)21-13(19)12(8-11-23-10-7-9-17)18-14(20)22-16(4,5)6/h12H,7-11H2,1-6H3,(H,18,20)/t12-/m1/s1. The van der Waals surface area contributed by atoms with Crippen LogP contribution in [0, 0.1) is 0 Å². The van der Waals surface area contributed by atoms with Gasteiger partial charge in [0, 0.05) is 0 Å². The number of rotatable bonds is 8. The molecule has 1 N–H and O–H groups in total. The maximum Gasteiger partial charge on any atom is 0.408 e. The molecule has 0 unspecified atom stereocenters. The first-order valence-electron chi connectivity index (χ1n) is 7.80. The number of carbonyl (C=O) groups is 2. The summed E-state index contributed by atoms with van der Waals surface area (Å²) in [5, 5.41) is 2.56. The Morgan fingerprint density at radius 1 is 1.04 bits per heavy atom. The number of hydrogen-bond donors (Lipinski definition) is 1. The normalized spacial score (nSPS) is 13.3. The van der Waals surface area contributed by atoms with Gasteiger partial charge in [-0.2, -0.15) is 11.8 Å². The predicted octanol–water partition coefficient (Wildman–Crippen LogP) is 3.70. The van der Waals surface area contributed by atoms with Gasteiger partial charge in [-0.05, 0) is 65.9 Å². The molecular formula is C16H30FNO4S. The van der Waals surface area contributed by atoms with Crippen molar-refractivity contribution in [2.75, 3.05) is 18.2 Å². The lowest BCUT2D eigenvalue weighted by molar-refractivity contribution is -0.157. The van der Waals surface area contributed by atoms with Crippen LogP contribution in [-0.2, 0) is 14.3 Å². The Balaban J connectivity index is 4.60. The molecule has 0 fully saturated rings. The fourth-order valence-electron chi connectivity index (χ4n) is 1.53. The van der Waals surface area contributed by atoms with Gasteiger partial charge in [0.15, 0.2) is 0 Å². The van der Waals surface area contributed by atoms with Gasteiger partial charge in [-0.1, -0.05) is 0 Å². The number of carbonyl (C=O) groups excluding carboxylic acids is 2. The average Bonchev–Trinajstić information content (AvgIpc) is 2.32. The maximum atomic E-state index is 12.2. The summed E-state index contributed by atoms with van der Waals surface area (Å²) in [5.41, 5.74) is -1.27. The van der Waals surface area contributed by atoms with Crippen LogP contribution < -0.4 is 5.32 Å². The second-order valence-corrected chi connectivity index (χ2v) is 8.40. The van der Waals surface area contributed by atoms with Crippen LogP contribution in [0.15, 0.2) is 0 Å². The molecule has 7 heteroatoms. The van der Waals surface area contributed by atoms with Crippen LogP contribution in [0.2, 0.25) is 0 Å². The van der Waals surface area contributed by atoms with E-state index in [1.807, 2.05) is 0 Å². The summed E-state index contributed by atoms with van der Waals surface area (Å²) in [5.74, 6) is 0.818. The van der Waals surface area contributed by atoms with E-state index in [0.29, 0.717) is 24.3 Å². The first kappa shape index (κ1) is 22.0. The van der Waals surface area contributed by atoms with Gasteiger partial charge in [0.05, 0.1) is 6.67 Å². The van der Waals surface area contributed by atoms with E-state index in [1.54, 1.807) is 53.3 Å². The smallest absolute Gasteiger partial charge is 0.408 e. The van der Waals surface area contributed by atoms with Crippen LogP contribution in [0.4, 0.5) is 9.18 Å². The zero-order valence-electron chi connectivity index (χ0n) is 15.0. The second kappa shape index (κ2) is 10.0. The Labute approximate surface area is 143 Å². The molecule has 0 aromatic carbocycles. The number of thioether (sulfide) groups is 1. The van der Waals surface area contributed by atoms with Gasteiger partial charge in [0.2, 0.25) is 0 Å². The number of halogens is 1. The SMILES string of the molecule is CC(C)(C)OC(=O)N[C@H](CCSCCCF)C(=O)OC(C)(C)C. The highest BCUT2D eigenvalue weighted by Crippen LogP contribution is 2.14. The lowest BCUT2D eigenvalue weighted by Gasteiger charge is -2.26. The highest BCUT2D eigenvalue weighted by Gasteiger charge is 2.28. The van der Waals surface area contributed by atoms with E-state index in [0.717, 1.165) is 0 Å². The summed E-state index contributed by atoms with van der Waals surface area (Å²) in [6.07, 6.45) is 0.244. The Morgan fingerprint density at radius 2 is 1.61 bits per heavy atom. The van der Waals surface area contributed by atoms with Gasteiger partial charge in [0.25, 0.3) is 0 Å². The summed E-state index contributed by atoms with van der Waals surface area (Å²) >= 11 is 1.54. The molecule has 0 bridgehead atoms. The van der Waals surface area contributed by atoms with Crippen LogP contribution >= 0.6 is 11.8 Å². The summed E-state index contributed by atoms with van der Waals surface area (Å²) in [6, 6.07) is -0.776. The lowest BCUT2D eigenvalue weighted by atomic mass is 10.1. The molecule has 0 heterocycles. The monoisotopic (exact) mass is 351 g/mol. The van der Waals surface area contributed by atoms with E-state index < -0.39 is 29.3 Å². The zero-order valence-corrected chi connectivity index (χ0v) is 15.8. The zero-order chi connectivity index (χ0) is 18.1. The molecule has 0 radical (unpaired) electrons. The Morgan fingerprint density at radius 3 is 2.09 bits per heavy atom. The summed E-state index contributed by atoms with van der Waals surface area (Å²) < 4.78 is 22.6. The first-order chi connectivity index (χ1) is 10.4. The molecule has 136 valence electrons. The molecule has 0 saturated heterocycles. The van der Waals surface area contributed by atoms with E-state index in [2.05, 4.69) is 5.32 Å². The van der Waals surface area contributed by atoms with Crippen molar-refractivity contribution >= 4 is 23.8 Å². The number of esters is 1. The van der Waals surface area contributed by atoms with Crippen molar-refractivity contribution in [2.45, 2.75) is 71.6 Å². The number of nitrogens with one attached hydrogen (secondary N) is 1. The van der Waals surface area contributed by atoms with Crippen molar-refractivity contribution < 1.29 is 23.5 Å². The average molecular weight is 351 g/mol. The number of alkyl halides is 1. The Kier molecular flexibility index (Phi) is 9.58. The molecular weight excluding hydrogens is 321 g/mol. The van der Waals surface area contributed by atoms with E-state index in [4.69, 9.17) is 9.47 Å². The van der Waals surface area contributed by atoms with Gasteiger partial charge in [-0.15, -0.1) is 0 Å². The Bertz CT molecular complexity index is 377. The van der Waals surface area contributed by atoms with E-state index in [1.165, 1.54) is 0 Å². The van der Waals surface area contributed by atoms with Crippen molar-refractivity contribution in [1.29, 1.82) is 0 Å². The van der Waals surface area contributed by atoms with Crippen molar-refractivity contribution in [2.24, 2.45) is 0 Å². The van der Waals surface area contributed by atoms with Crippen LogP contribution in [0.5, 0.6) is 0 Å². The van der Waals surface area contributed by atoms with Crippen LogP contribution in [0.25, 0.3) is 0 Å². The van der Waals surface area contributed by atoms with Crippen molar-refractivity contribution in [3.63, 3.8) is 0 Å². The quantitative estimate of drug-likeness (QED) is 0.533. The highest BCUT2D eigenvalue weighted by molar-refractivity contribution is 7.99. The van der Waals surface area contributed by atoms with Crippen LogP contribution in [0.3, 0.4) is 0 Å². The van der Waals surface area contributed by atoms with Gasteiger partial charge in [-0.3, -0.25) is 4.39 Å². The first-order valence-corrected chi connectivity index (χ1v) is 8.96. The minimum absolute atomic E-state index is 0.349. The molecule has 0 aliphatic carbocycles. The fourth-order valence-corrected chi connectivity index (χ4v) is 2.45. The molecule has 1 atom stereocenters. The van der Waals surface area contributed by atoms with Crippen molar-refractivity contribution in [3.8, 4) is 0 Å². The van der Waals surface area contributed by atoms with Gasteiger partial charge in [-0.25, -0.2) is 9.59 Å². The van der Waals surface area contributed by atoms with Crippen LogP contribution in [-0.4, -0.2) is 47.5 Å². The number of alkyl carbamates (subject to hydrolysis) is 1. The molecule has 0 aliphatic rings. The lowest BCUT2D eigenvalue weighted by Crippen LogP contribution is -2.46. The highest BCUT2D eigenvalue weighted by atomic mass is 32.2. The second-order valence-electron chi connectivity index (χ2n) is 7.18. The summed E-state index contributed by atoms with van der Waals surface area (Å²) in [7, 11) is 0. The molecule has 0 aromatic heterocycles. The minimum atomic E-state index is -0.776. The van der Waals surface area contributed by atoms with E-state index in [9.17, 15) is 14.0 Å². The molecule has 0 rings (SSSR count). The van der Waals surface area contributed by atoms with Gasteiger partial charge in [0.1, 0.15) is 17.2 Å². The number of amides is 1. The molecule has 1 amide bonds.